The van der Waals surface area contributed by atoms with Gasteiger partial charge in [0.2, 0.25) is 0 Å². The maximum Gasteiger partial charge on any atom is 0.336 e. The van der Waals surface area contributed by atoms with Gasteiger partial charge in [0.15, 0.2) is 0 Å². The second-order valence-corrected chi connectivity index (χ2v) is 5.02. The summed E-state index contributed by atoms with van der Waals surface area (Å²) in [6.45, 7) is 0. The first kappa shape index (κ1) is 12.7. The summed E-state index contributed by atoms with van der Waals surface area (Å²) < 4.78 is 0. The van der Waals surface area contributed by atoms with Crippen LogP contribution in [0.1, 0.15) is 34.3 Å². The van der Waals surface area contributed by atoms with Gasteiger partial charge in [0.1, 0.15) is 0 Å². The zero-order chi connectivity index (χ0) is 13.9. The Balaban J connectivity index is 2.29. The average molecular weight is 264 g/mol. The Labute approximate surface area is 118 Å². The maximum absolute atomic E-state index is 11.5. The Kier molecular flexibility index (Phi) is 3.38. The highest BCUT2D eigenvalue weighted by atomic mass is 16.4. The van der Waals surface area contributed by atoms with Crippen molar-refractivity contribution >= 4 is 12.0 Å². The van der Waals surface area contributed by atoms with Crippen molar-refractivity contribution < 1.29 is 9.90 Å². The Morgan fingerprint density at radius 3 is 2.60 bits per heavy atom. The fourth-order valence-corrected chi connectivity index (χ4v) is 2.81. The Hall–Kier alpha value is -2.35. The van der Waals surface area contributed by atoms with Gasteiger partial charge in [-0.2, -0.15) is 0 Å². The van der Waals surface area contributed by atoms with Crippen LogP contribution in [0, 0.1) is 0 Å². The second kappa shape index (κ2) is 5.33. The zero-order valence-corrected chi connectivity index (χ0v) is 11.2. The SMILES string of the molecule is O=C(O)c1ccc2c(c1-c1ccccc1)CCCC=C2. The van der Waals surface area contributed by atoms with Crippen LogP contribution in [0.25, 0.3) is 17.2 Å². The van der Waals surface area contributed by atoms with Crippen molar-refractivity contribution in [3.8, 4) is 11.1 Å². The molecule has 1 aliphatic rings. The van der Waals surface area contributed by atoms with E-state index in [2.05, 4.69) is 12.2 Å². The van der Waals surface area contributed by atoms with E-state index >= 15 is 0 Å². The first-order valence-corrected chi connectivity index (χ1v) is 6.88. The first-order valence-electron chi connectivity index (χ1n) is 6.88. The number of carboxylic acid groups (broad SMARTS) is 1. The van der Waals surface area contributed by atoms with Gasteiger partial charge in [0.25, 0.3) is 0 Å². The first-order chi connectivity index (χ1) is 9.77. The van der Waals surface area contributed by atoms with Crippen molar-refractivity contribution in [1.29, 1.82) is 0 Å². The van der Waals surface area contributed by atoms with Gasteiger partial charge in [-0.1, -0.05) is 48.6 Å². The molecular formula is C18H16O2. The van der Waals surface area contributed by atoms with E-state index in [0.29, 0.717) is 5.56 Å². The number of hydrogen-bond acceptors (Lipinski definition) is 1. The molecule has 0 aliphatic heterocycles. The number of carbonyl (C=O) groups is 1. The Bertz CT molecular complexity index is 669. The van der Waals surface area contributed by atoms with Crippen LogP contribution in [0.5, 0.6) is 0 Å². The van der Waals surface area contributed by atoms with Crippen LogP contribution >= 0.6 is 0 Å². The third-order valence-electron chi connectivity index (χ3n) is 3.74. The summed E-state index contributed by atoms with van der Waals surface area (Å²) in [5.74, 6) is -0.861. The molecule has 0 saturated heterocycles. The molecule has 3 rings (SSSR count). The number of fused-ring (bicyclic) bond motifs is 1. The molecule has 0 amide bonds. The smallest absolute Gasteiger partial charge is 0.336 e. The molecule has 20 heavy (non-hydrogen) atoms. The number of aromatic carboxylic acids is 1. The summed E-state index contributed by atoms with van der Waals surface area (Å²) in [6.07, 6.45) is 7.31. The topological polar surface area (TPSA) is 37.3 Å². The van der Waals surface area contributed by atoms with Gasteiger partial charge in [-0.25, -0.2) is 4.79 Å². The van der Waals surface area contributed by atoms with Crippen molar-refractivity contribution in [3.05, 3.63) is 65.2 Å². The number of allylic oxidation sites excluding steroid dienone is 1. The van der Waals surface area contributed by atoms with Crippen LogP contribution in [0.2, 0.25) is 0 Å². The van der Waals surface area contributed by atoms with Gasteiger partial charge in [-0.15, -0.1) is 0 Å². The molecule has 2 nitrogen and oxygen atoms in total. The van der Waals surface area contributed by atoms with E-state index in [0.717, 1.165) is 41.5 Å². The molecule has 2 heteroatoms. The fourth-order valence-electron chi connectivity index (χ4n) is 2.81. The molecule has 1 N–H and O–H groups in total. The lowest BCUT2D eigenvalue weighted by Crippen LogP contribution is -2.04. The minimum absolute atomic E-state index is 0.394. The van der Waals surface area contributed by atoms with Gasteiger partial charge in [0, 0.05) is 0 Å². The number of hydrogen-bond donors (Lipinski definition) is 1. The molecule has 0 aromatic heterocycles. The van der Waals surface area contributed by atoms with Gasteiger partial charge in [0.05, 0.1) is 5.56 Å². The van der Waals surface area contributed by atoms with Crippen LogP contribution in [0.3, 0.4) is 0 Å². The van der Waals surface area contributed by atoms with E-state index in [1.165, 1.54) is 0 Å². The fraction of sp³-hybridized carbons (Fsp3) is 0.167. The molecule has 2 aromatic rings. The Morgan fingerprint density at radius 2 is 1.85 bits per heavy atom. The largest absolute Gasteiger partial charge is 0.478 e. The molecule has 0 saturated carbocycles. The van der Waals surface area contributed by atoms with Crippen LogP contribution < -0.4 is 0 Å². The summed E-state index contributed by atoms with van der Waals surface area (Å²) in [5.41, 5.74) is 4.56. The summed E-state index contributed by atoms with van der Waals surface area (Å²) in [7, 11) is 0. The lowest BCUT2D eigenvalue weighted by Gasteiger charge is -2.15. The minimum atomic E-state index is -0.861. The minimum Gasteiger partial charge on any atom is -0.478 e. The highest BCUT2D eigenvalue weighted by molar-refractivity contribution is 5.98. The predicted octanol–water partition coefficient (Wildman–Crippen LogP) is 4.40. The number of rotatable bonds is 2. The summed E-state index contributed by atoms with van der Waals surface area (Å²) in [6, 6.07) is 13.5. The monoisotopic (exact) mass is 264 g/mol. The average Bonchev–Trinajstić information content (AvgIpc) is 2.72. The molecule has 0 spiro atoms. The second-order valence-electron chi connectivity index (χ2n) is 5.02. The molecule has 0 radical (unpaired) electrons. The van der Waals surface area contributed by atoms with E-state index in [4.69, 9.17) is 0 Å². The molecule has 0 atom stereocenters. The molecule has 0 fully saturated rings. The van der Waals surface area contributed by atoms with Crippen LogP contribution in [0.15, 0.2) is 48.5 Å². The van der Waals surface area contributed by atoms with E-state index in [-0.39, 0.29) is 0 Å². The van der Waals surface area contributed by atoms with Crippen LogP contribution in [-0.2, 0) is 6.42 Å². The van der Waals surface area contributed by atoms with E-state index in [9.17, 15) is 9.90 Å². The molecule has 0 unspecified atom stereocenters. The number of carboxylic acids is 1. The van der Waals surface area contributed by atoms with Crippen molar-refractivity contribution in [1.82, 2.24) is 0 Å². The third kappa shape index (κ3) is 2.25. The van der Waals surface area contributed by atoms with Gasteiger partial charge < -0.3 is 5.11 Å². The summed E-state index contributed by atoms with van der Waals surface area (Å²) in [4.78, 5) is 11.5. The summed E-state index contributed by atoms with van der Waals surface area (Å²) >= 11 is 0. The quantitative estimate of drug-likeness (QED) is 0.872. The molecule has 100 valence electrons. The molecule has 0 heterocycles. The third-order valence-corrected chi connectivity index (χ3v) is 3.74. The normalized spacial score (nSPS) is 13.6. The zero-order valence-electron chi connectivity index (χ0n) is 11.2. The van der Waals surface area contributed by atoms with Gasteiger partial charge in [-0.05, 0) is 47.6 Å². The lowest BCUT2D eigenvalue weighted by molar-refractivity contribution is 0.0697. The van der Waals surface area contributed by atoms with Crippen molar-refractivity contribution in [2.45, 2.75) is 19.3 Å². The van der Waals surface area contributed by atoms with Crippen LogP contribution in [-0.4, -0.2) is 11.1 Å². The highest BCUT2D eigenvalue weighted by Gasteiger charge is 2.18. The van der Waals surface area contributed by atoms with Gasteiger partial charge in [-0.3, -0.25) is 0 Å². The summed E-state index contributed by atoms with van der Waals surface area (Å²) in [5, 5.41) is 9.48. The molecule has 1 aliphatic carbocycles. The maximum atomic E-state index is 11.5. The van der Waals surface area contributed by atoms with E-state index in [1.54, 1.807) is 6.07 Å². The lowest BCUT2D eigenvalue weighted by atomic mass is 9.89. The van der Waals surface area contributed by atoms with Crippen molar-refractivity contribution in [2.75, 3.05) is 0 Å². The standard InChI is InChI=1S/C18H16O2/c19-18(20)16-12-11-13-7-3-2-6-10-15(13)17(16)14-8-4-1-5-9-14/h1,3-5,7-9,11-12H,2,6,10H2,(H,19,20). The molecule has 0 bridgehead atoms. The highest BCUT2D eigenvalue weighted by Crippen LogP contribution is 2.33. The van der Waals surface area contributed by atoms with Crippen molar-refractivity contribution in [2.24, 2.45) is 0 Å². The van der Waals surface area contributed by atoms with E-state index in [1.807, 2.05) is 36.4 Å². The van der Waals surface area contributed by atoms with E-state index < -0.39 is 5.97 Å². The predicted molar refractivity (Wildman–Crippen MR) is 80.8 cm³/mol. The van der Waals surface area contributed by atoms with Crippen LogP contribution in [0.4, 0.5) is 0 Å². The number of benzene rings is 2. The van der Waals surface area contributed by atoms with Gasteiger partial charge >= 0.3 is 5.97 Å². The van der Waals surface area contributed by atoms with Crippen molar-refractivity contribution in [3.63, 3.8) is 0 Å². The Morgan fingerprint density at radius 1 is 1.05 bits per heavy atom. The molecular weight excluding hydrogens is 248 g/mol. The molecule has 2 aromatic carbocycles.